The van der Waals surface area contributed by atoms with Gasteiger partial charge < -0.3 is 24.8 Å². The number of non-ortho nitro benzene ring substituents is 1. The number of aliphatic hydroxyl groups is 3. The highest BCUT2D eigenvalue weighted by Gasteiger charge is 2.43. The van der Waals surface area contributed by atoms with Gasteiger partial charge in [0.2, 0.25) is 6.29 Å². The molecule has 116 valence electrons. The second-order valence-electron chi connectivity index (χ2n) is 4.57. The molecule has 0 aliphatic carbocycles. The maximum Gasteiger partial charge on any atom is 0.269 e. The summed E-state index contributed by atoms with van der Waals surface area (Å²) in [6.45, 7) is -0.391. The van der Waals surface area contributed by atoms with Crippen molar-refractivity contribution in [3.05, 3.63) is 34.4 Å². The van der Waals surface area contributed by atoms with Gasteiger partial charge >= 0.3 is 0 Å². The van der Waals surface area contributed by atoms with Gasteiger partial charge in [-0.3, -0.25) is 10.1 Å². The Kier molecular flexibility index (Phi) is 5.01. The molecule has 0 spiro atoms. The zero-order valence-corrected chi connectivity index (χ0v) is 11.7. The molecule has 0 unspecified atom stereocenters. The number of nitro groups is 1. The second kappa shape index (κ2) is 6.58. The Morgan fingerprint density at radius 2 is 1.90 bits per heavy atom. The van der Waals surface area contributed by atoms with Gasteiger partial charge in [0.15, 0.2) is 0 Å². The van der Waals surface area contributed by atoms with Gasteiger partial charge in [0, 0.05) is 12.1 Å². The molecule has 0 radical (unpaired) electrons. The molecule has 8 nitrogen and oxygen atoms in total. The van der Waals surface area contributed by atoms with Crippen LogP contribution in [0.4, 0.5) is 5.69 Å². The number of aliphatic hydroxyl groups excluding tert-OH is 3. The van der Waals surface area contributed by atoms with E-state index >= 15 is 0 Å². The lowest BCUT2D eigenvalue weighted by Crippen LogP contribution is -2.58. The third-order valence-electron chi connectivity index (χ3n) is 3.15. The van der Waals surface area contributed by atoms with Gasteiger partial charge in [-0.1, -0.05) is 0 Å². The lowest BCUT2D eigenvalue weighted by atomic mass is 10.0. The third kappa shape index (κ3) is 3.44. The van der Waals surface area contributed by atoms with Crippen molar-refractivity contribution in [3.63, 3.8) is 0 Å². The average Bonchev–Trinajstić information content (AvgIpc) is 2.48. The summed E-state index contributed by atoms with van der Waals surface area (Å²) < 4.78 is 10.7. The smallest absolute Gasteiger partial charge is 0.269 e. The van der Waals surface area contributed by atoms with E-state index < -0.39 is 41.4 Å². The number of benzene rings is 1. The predicted molar refractivity (Wildman–Crippen MR) is 74.3 cm³/mol. The Morgan fingerprint density at radius 3 is 2.43 bits per heavy atom. The molecule has 5 atom stereocenters. The Balaban J connectivity index is 2.08. The molecule has 0 bridgehead atoms. The van der Waals surface area contributed by atoms with Gasteiger partial charge in [0.05, 0.1) is 22.9 Å². The summed E-state index contributed by atoms with van der Waals surface area (Å²) in [4.78, 5) is 10.00. The molecule has 1 saturated heterocycles. The average molecular weight is 317 g/mol. The molecule has 3 N–H and O–H groups in total. The van der Waals surface area contributed by atoms with Crippen LogP contribution in [0.2, 0.25) is 0 Å². The monoisotopic (exact) mass is 317 g/mol. The maximum absolute atomic E-state index is 10.5. The largest absolute Gasteiger partial charge is 0.462 e. The second-order valence-corrected chi connectivity index (χ2v) is 5.16. The summed E-state index contributed by atoms with van der Waals surface area (Å²) in [6, 6.07) is 5.18. The number of hydrogen-bond acceptors (Lipinski definition) is 8. The summed E-state index contributed by atoms with van der Waals surface area (Å²) in [5.41, 5.74) is -0.101. The Bertz CT molecular complexity index is 495. The van der Waals surface area contributed by atoms with E-state index in [1.807, 2.05) is 0 Å². The first-order chi connectivity index (χ1) is 9.93. The fraction of sp³-hybridized carbons (Fsp3) is 0.500. The van der Waals surface area contributed by atoms with Gasteiger partial charge in [-0.25, -0.2) is 0 Å². The Labute approximate surface area is 125 Å². The summed E-state index contributed by atoms with van der Waals surface area (Å²) in [5.74, 6) is 0.228. The fourth-order valence-corrected chi connectivity index (χ4v) is 2.29. The molecule has 1 aliphatic rings. The summed E-state index contributed by atoms with van der Waals surface area (Å²) in [7, 11) is 0. The van der Waals surface area contributed by atoms with Crippen molar-refractivity contribution in [3.8, 4) is 5.75 Å². The maximum atomic E-state index is 10.5. The lowest BCUT2D eigenvalue weighted by Gasteiger charge is -2.39. The number of hydrogen-bond donors (Lipinski definition) is 4. The molecule has 0 aromatic heterocycles. The van der Waals surface area contributed by atoms with Gasteiger partial charge in [0.1, 0.15) is 18.0 Å². The highest BCUT2D eigenvalue weighted by atomic mass is 32.1. The van der Waals surface area contributed by atoms with E-state index in [9.17, 15) is 20.3 Å². The Hall–Kier alpha value is -1.39. The molecule has 0 saturated carbocycles. The fourth-order valence-electron chi connectivity index (χ4n) is 1.95. The summed E-state index contributed by atoms with van der Waals surface area (Å²) in [6.07, 6.45) is -4.59. The van der Waals surface area contributed by atoms with Crippen LogP contribution in [0.1, 0.15) is 0 Å². The molecule has 1 aromatic carbocycles. The number of nitro benzene ring substituents is 1. The van der Waals surface area contributed by atoms with Crippen LogP contribution in [0.5, 0.6) is 5.75 Å². The van der Waals surface area contributed by atoms with Crippen molar-refractivity contribution < 1.29 is 29.7 Å². The quantitative estimate of drug-likeness (QED) is 0.342. The van der Waals surface area contributed by atoms with Gasteiger partial charge in [0.25, 0.3) is 5.69 Å². The molecule has 21 heavy (non-hydrogen) atoms. The van der Waals surface area contributed by atoms with E-state index in [0.29, 0.717) is 0 Å². The number of thiol groups is 1. The van der Waals surface area contributed by atoms with E-state index in [2.05, 4.69) is 12.6 Å². The van der Waals surface area contributed by atoms with Crippen LogP contribution in [0, 0.1) is 10.1 Å². The highest BCUT2D eigenvalue weighted by molar-refractivity contribution is 7.81. The van der Waals surface area contributed by atoms with E-state index in [1.54, 1.807) is 0 Å². The minimum absolute atomic E-state index is 0.101. The first kappa shape index (κ1) is 16.0. The van der Waals surface area contributed by atoms with Crippen molar-refractivity contribution in [2.45, 2.75) is 29.9 Å². The summed E-state index contributed by atoms with van der Waals surface area (Å²) >= 11 is 4.07. The van der Waals surface area contributed by atoms with Crippen molar-refractivity contribution in [1.29, 1.82) is 0 Å². The zero-order valence-electron chi connectivity index (χ0n) is 10.8. The lowest BCUT2D eigenvalue weighted by molar-refractivity contribution is -0.384. The topological polar surface area (TPSA) is 122 Å². The van der Waals surface area contributed by atoms with Crippen molar-refractivity contribution in [1.82, 2.24) is 0 Å². The number of rotatable bonds is 4. The van der Waals surface area contributed by atoms with Crippen LogP contribution < -0.4 is 4.74 Å². The highest BCUT2D eigenvalue weighted by Crippen LogP contribution is 2.27. The first-order valence-electron chi connectivity index (χ1n) is 6.15. The zero-order chi connectivity index (χ0) is 15.6. The van der Waals surface area contributed by atoms with Crippen molar-refractivity contribution in [2.24, 2.45) is 0 Å². The van der Waals surface area contributed by atoms with Crippen LogP contribution in [0.25, 0.3) is 0 Å². The molecule has 0 amide bonds. The summed E-state index contributed by atoms with van der Waals surface area (Å²) in [5, 5.41) is 38.7. The molecular weight excluding hydrogens is 302 g/mol. The molecule has 2 rings (SSSR count). The molecule has 9 heteroatoms. The molecule has 1 heterocycles. The third-order valence-corrected chi connectivity index (χ3v) is 3.79. The van der Waals surface area contributed by atoms with Crippen LogP contribution in [0.15, 0.2) is 24.3 Å². The first-order valence-corrected chi connectivity index (χ1v) is 6.67. The van der Waals surface area contributed by atoms with Crippen molar-refractivity contribution >= 4 is 18.3 Å². The van der Waals surface area contributed by atoms with Crippen LogP contribution >= 0.6 is 12.6 Å². The standard InChI is InChI=1S/C12H15NO7S/c14-5-8-11(21)9(15)10(16)12(20-8)19-7-3-1-6(2-4-7)13(17)18/h1-4,8-12,14-16,21H,5H2/t8-,9-,10+,11-,12-/m1/s1. The van der Waals surface area contributed by atoms with Crippen LogP contribution in [-0.2, 0) is 4.74 Å². The van der Waals surface area contributed by atoms with E-state index in [1.165, 1.54) is 24.3 Å². The SMILES string of the molecule is O=[N+]([O-])c1ccc(O[C@@H]2O[C@H](CO)[C@@H](S)[C@H](O)[C@@H]2O)cc1. The van der Waals surface area contributed by atoms with Crippen LogP contribution in [0.3, 0.4) is 0 Å². The number of ether oxygens (including phenoxy) is 2. The predicted octanol–water partition coefficient (Wildman–Crippen LogP) is -0.289. The molecule has 1 aliphatic heterocycles. The van der Waals surface area contributed by atoms with Crippen LogP contribution in [-0.4, -0.2) is 56.7 Å². The van der Waals surface area contributed by atoms with E-state index in [0.717, 1.165) is 0 Å². The van der Waals surface area contributed by atoms with E-state index in [4.69, 9.17) is 14.6 Å². The Morgan fingerprint density at radius 1 is 1.29 bits per heavy atom. The minimum Gasteiger partial charge on any atom is -0.462 e. The number of nitrogens with zero attached hydrogens (tertiary/aromatic N) is 1. The molecule has 1 fully saturated rings. The van der Waals surface area contributed by atoms with Crippen molar-refractivity contribution in [2.75, 3.05) is 6.61 Å². The molecule has 1 aromatic rings. The minimum atomic E-state index is -1.36. The van der Waals surface area contributed by atoms with Gasteiger partial charge in [-0.2, -0.15) is 12.6 Å². The van der Waals surface area contributed by atoms with Gasteiger partial charge in [-0.05, 0) is 12.1 Å². The normalized spacial score (nSPS) is 32.7. The van der Waals surface area contributed by atoms with E-state index in [-0.39, 0.29) is 11.4 Å². The molecular formula is C12H15NO7S. The van der Waals surface area contributed by atoms with Gasteiger partial charge in [-0.15, -0.1) is 0 Å².